The van der Waals surface area contributed by atoms with Crippen LogP contribution in [0.2, 0.25) is 0 Å². The lowest BCUT2D eigenvalue weighted by atomic mass is 9.91. The van der Waals surface area contributed by atoms with Crippen molar-refractivity contribution in [1.82, 2.24) is 0 Å². The summed E-state index contributed by atoms with van der Waals surface area (Å²) in [6.07, 6.45) is 0. The molecule has 0 aliphatic heterocycles. The van der Waals surface area contributed by atoms with E-state index >= 15 is 0 Å². The summed E-state index contributed by atoms with van der Waals surface area (Å²) in [5.74, 6) is 0. The van der Waals surface area contributed by atoms with Gasteiger partial charge in [-0.1, -0.05) is 27.7 Å². The summed E-state index contributed by atoms with van der Waals surface area (Å²) in [7, 11) is 0. The number of hydrogen-bond acceptors (Lipinski definition) is 9. The Balaban J connectivity index is 4.52. The molecule has 29 heavy (non-hydrogen) atoms. The molecule has 0 aliphatic rings. The largest absolute Gasteiger partial charge is 0.396 e. The van der Waals surface area contributed by atoms with Gasteiger partial charge in [0.25, 0.3) is 0 Å². The van der Waals surface area contributed by atoms with E-state index in [0.29, 0.717) is 0 Å². The Hall–Kier alpha value is -0.360. The summed E-state index contributed by atoms with van der Waals surface area (Å²) < 4.78 is 16.9. The zero-order valence-corrected chi connectivity index (χ0v) is 18.4. The molecule has 2 atom stereocenters. The van der Waals surface area contributed by atoms with Crippen LogP contribution in [0.3, 0.4) is 0 Å². The number of aliphatic hydroxyl groups is 6. The number of ether oxygens (including phenoxy) is 3. The second kappa shape index (κ2) is 13.1. The summed E-state index contributed by atoms with van der Waals surface area (Å²) >= 11 is 0. The SMILES string of the molecule is CC(CO)(CO)COCC(C)(CO)COCC(C)(CO)COCC(C)(CO)CO. The van der Waals surface area contributed by atoms with E-state index in [1.165, 1.54) is 0 Å². The van der Waals surface area contributed by atoms with E-state index in [0.717, 1.165) is 0 Å². The highest BCUT2D eigenvalue weighted by Crippen LogP contribution is 2.24. The molecule has 6 N–H and O–H groups in total. The molecule has 0 aliphatic carbocycles. The third-order valence-electron chi connectivity index (χ3n) is 4.99. The van der Waals surface area contributed by atoms with Crippen molar-refractivity contribution >= 4 is 0 Å². The van der Waals surface area contributed by atoms with Crippen LogP contribution < -0.4 is 0 Å². The lowest BCUT2D eigenvalue weighted by molar-refractivity contribution is -0.104. The van der Waals surface area contributed by atoms with Crippen LogP contribution in [0.4, 0.5) is 0 Å². The van der Waals surface area contributed by atoms with E-state index < -0.39 is 21.7 Å². The zero-order valence-electron chi connectivity index (χ0n) is 18.4. The Labute approximate surface area is 174 Å². The molecular formula is C20H42O9. The Morgan fingerprint density at radius 2 is 0.552 bits per heavy atom. The Kier molecular flexibility index (Phi) is 13.0. The van der Waals surface area contributed by atoms with E-state index in [9.17, 15) is 30.6 Å². The Morgan fingerprint density at radius 3 is 0.724 bits per heavy atom. The lowest BCUT2D eigenvalue weighted by Crippen LogP contribution is -2.40. The maximum atomic E-state index is 9.72. The van der Waals surface area contributed by atoms with Gasteiger partial charge in [-0.05, 0) is 0 Å². The van der Waals surface area contributed by atoms with Gasteiger partial charge in [0.05, 0.1) is 79.3 Å². The van der Waals surface area contributed by atoms with Crippen molar-refractivity contribution in [1.29, 1.82) is 0 Å². The average molecular weight is 427 g/mol. The van der Waals surface area contributed by atoms with Crippen molar-refractivity contribution in [3.05, 3.63) is 0 Å². The van der Waals surface area contributed by atoms with Crippen molar-refractivity contribution in [3.8, 4) is 0 Å². The first-order chi connectivity index (χ1) is 13.5. The van der Waals surface area contributed by atoms with Gasteiger partial charge in [-0.25, -0.2) is 0 Å². The van der Waals surface area contributed by atoms with Gasteiger partial charge in [-0.2, -0.15) is 0 Å². The van der Waals surface area contributed by atoms with Crippen LogP contribution in [0.1, 0.15) is 27.7 Å². The summed E-state index contributed by atoms with van der Waals surface area (Å²) in [4.78, 5) is 0. The quantitative estimate of drug-likeness (QED) is 0.162. The standard InChI is InChI=1S/C20H42O9/c1-17(5-21,6-22)11-27-13-19(3,9-25)15-29-16-20(4,10-26)14-28-12-18(2,7-23)8-24/h21-26H,5-16H2,1-4H3. The molecular weight excluding hydrogens is 384 g/mol. The van der Waals surface area contributed by atoms with Crippen molar-refractivity contribution in [2.75, 3.05) is 79.3 Å². The highest BCUT2D eigenvalue weighted by Gasteiger charge is 2.31. The van der Waals surface area contributed by atoms with Crippen LogP contribution in [0.25, 0.3) is 0 Å². The number of aliphatic hydroxyl groups excluding tert-OH is 6. The van der Waals surface area contributed by atoms with Gasteiger partial charge in [0.2, 0.25) is 0 Å². The van der Waals surface area contributed by atoms with Gasteiger partial charge in [0, 0.05) is 21.7 Å². The molecule has 0 aromatic carbocycles. The first kappa shape index (κ1) is 28.6. The van der Waals surface area contributed by atoms with Crippen LogP contribution in [-0.4, -0.2) is 110 Å². The van der Waals surface area contributed by atoms with Crippen LogP contribution in [0.5, 0.6) is 0 Å². The minimum atomic E-state index is -0.748. The van der Waals surface area contributed by atoms with Crippen LogP contribution in [-0.2, 0) is 14.2 Å². The minimum Gasteiger partial charge on any atom is -0.396 e. The molecule has 176 valence electrons. The third-order valence-corrected chi connectivity index (χ3v) is 4.99. The minimum absolute atomic E-state index is 0.145. The highest BCUT2D eigenvalue weighted by atomic mass is 16.5. The highest BCUT2D eigenvalue weighted by molar-refractivity contribution is 4.78. The van der Waals surface area contributed by atoms with E-state index in [4.69, 9.17) is 14.2 Å². The van der Waals surface area contributed by atoms with E-state index in [1.54, 1.807) is 27.7 Å². The van der Waals surface area contributed by atoms with E-state index in [-0.39, 0.29) is 79.3 Å². The first-order valence-corrected chi connectivity index (χ1v) is 9.87. The Bertz CT molecular complexity index is 388. The topological polar surface area (TPSA) is 149 Å². The van der Waals surface area contributed by atoms with Gasteiger partial charge in [-0.15, -0.1) is 0 Å². The van der Waals surface area contributed by atoms with Crippen LogP contribution in [0, 0.1) is 21.7 Å². The zero-order chi connectivity index (χ0) is 22.6. The summed E-state index contributed by atoms with van der Waals surface area (Å²) in [6.45, 7) is 6.78. The molecule has 0 saturated carbocycles. The number of hydrogen-bond donors (Lipinski definition) is 6. The molecule has 0 heterocycles. The molecule has 9 heteroatoms. The van der Waals surface area contributed by atoms with Gasteiger partial charge in [0.1, 0.15) is 0 Å². The molecule has 0 spiro atoms. The number of rotatable bonds is 18. The maximum Gasteiger partial charge on any atom is 0.0564 e. The fourth-order valence-corrected chi connectivity index (χ4v) is 2.18. The summed E-state index contributed by atoms with van der Waals surface area (Å²) in [5.41, 5.74) is -2.87. The second-order valence-corrected chi connectivity index (χ2v) is 9.67. The van der Waals surface area contributed by atoms with Crippen molar-refractivity contribution in [3.63, 3.8) is 0 Å². The normalized spacial score (nSPS) is 17.2. The first-order valence-electron chi connectivity index (χ1n) is 9.87. The smallest absolute Gasteiger partial charge is 0.0564 e. The molecule has 0 bridgehead atoms. The van der Waals surface area contributed by atoms with Crippen molar-refractivity contribution < 1.29 is 44.8 Å². The third kappa shape index (κ3) is 10.5. The van der Waals surface area contributed by atoms with Crippen LogP contribution in [0.15, 0.2) is 0 Å². The van der Waals surface area contributed by atoms with Crippen molar-refractivity contribution in [2.45, 2.75) is 27.7 Å². The maximum absolute atomic E-state index is 9.72. The van der Waals surface area contributed by atoms with Gasteiger partial charge in [-0.3, -0.25) is 0 Å². The average Bonchev–Trinajstić information content (AvgIpc) is 2.73. The van der Waals surface area contributed by atoms with Crippen molar-refractivity contribution in [2.24, 2.45) is 21.7 Å². The molecule has 0 saturated heterocycles. The molecule has 0 amide bonds. The van der Waals surface area contributed by atoms with Gasteiger partial charge in [0.15, 0.2) is 0 Å². The fraction of sp³-hybridized carbons (Fsp3) is 1.00. The van der Waals surface area contributed by atoms with Gasteiger partial charge >= 0.3 is 0 Å². The van der Waals surface area contributed by atoms with Gasteiger partial charge < -0.3 is 44.8 Å². The molecule has 0 fully saturated rings. The van der Waals surface area contributed by atoms with E-state index in [1.807, 2.05) is 0 Å². The van der Waals surface area contributed by atoms with E-state index in [2.05, 4.69) is 0 Å². The molecule has 0 aromatic heterocycles. The second-order valence-electron chi connectivity index (χ2n) is 9.67. The molecule has 0 radical (unpaired) electrons. The fourth-order valence-electron chi connectivity index (χ4n) is 2.18. The molecule has 0 rings (SSSR count). The predicted molar refractivity (Wildman–Crippen MR) is 107 cm³/mol. The summed E-state index contributed by atoms with van der Waals surface area (Å²) in [6, 6.07) is 0. The molecule has 0 aromatic rings. The predicted octanol–water partition coefficient (Wildman–Crippen LogP) is -0.985. The van der Waals surface area contributed by atoms with Crippen LogP contribution >= 0.6 is 0 Å². The molecule has 9 nitrogen and oxygen atoms in total. The monoisotopic (exact) mass is 426 g/mol. The molecule has 2 unspecified atom stereocenters. The summed E-state index contributed by atoms with van der Waals surface area (Å²) in [5, 5.41) is 56.7. The lowest BCUT2D eigenvalue weighted by Gasteiger charge is -2.33. The Morgan fingerprint density at radius 1 is 0.379 bits per heavy atom.